The fourth-order valence-corrected chi connectivity index (χ4v) is 5.42. The van der Waals surface area contributed by atoms with Crippen molar-refractivity contribution < 1.29 is 28.9 Å². The number of carbonyl (C=O) groups is 2. The SMILES string of the molecule is CCC1OC(=O)CCC(C)C(OC2OC(C)CC(N(C)C)C2O)C(C)CC(C)C(=O)/C=C\C=C\C1C. The average molecular weight is 508 g/mol. The molecule has 0 amide bonds. The molecule has 0 aromatic carbocycles. The van der Waals surface area contributed by atoms with Gasteiger partial charge in [-0.2, -0.15) is 0 Å². The molecule has 206 valence electrons. The fourth-order valence-electron chi connectivity index (χ4n) is 5.42. The first-order valence-electron chi connectivity index (χ1n) is 13.7. The van der Waals surface area contributed by atoms with Crippen molar-refractivity contribution in [2.75, 3.05) is 14.1 Å². The van der Waals surface area contributed by atoms with E-state index in [1.807, 2.05) is 58.8 Å². The van der Waals surface area contributed by atoms with E-state index in [1.165, 1.54) is 0 Å². The first kappa shape index (κ1) is 30.7. The van der Waals surface area contributed by atoms with Crippen LogP contribution in [0.5, 0.6) is 0 Å². The monoisotopic (exact) mass is 507 g/mol. The largest absolute Gasteiger partial charge is 0.462 e. The Morgan fingerprint density at radius 2 is 1.75 bits per heavy atom. The minimum Gasteiger partial charge on any atom is -0.462 e. The highest BCUT2D eigenvalue weighted by atomic mass is 16.7. The molecule has 0 radical (unpaired) electrons. The van der Waals surface area contributed by atoms with E-state index in [0.717, 1.165) is 12.8 Å². The molecule has 0 aliphatic carbocycles. The standard InChI is InChI=1S/C29H49NO6/c1-9-25-18(2)12-10-11-13-24(31)20(4)16-21(5)28(19(3)14-15-26(32)35-25)36-29-27(33)23(30(7)8)17-22(6)34-29/h10-13,18-23,25,27-29,33H,9,14-17H2,1-8H3/b12-10+,13-11-. The van der Waals surface area contributed by atoms with Crippen LogP contribution in [0.3, 0.4) is 0 Å². The highest BCUT2D eigenvalue weighted by Gasteiger charge is 2.41. The molecule has 2 rings (SSSR count). The normalized spacial score (nSPS) is 41.6. The number of ether oxygens (including phenoxy) is 3. The molecule has 0 spiro atoms. The molecule has 0 aromatic heterocycles. The van der Waals surface area contributed by atoms with Gasteiger partial charge in [0.2, 0.25) is 0 Å². The van der Waals surface area contributed by atoms with Crippen LogP contribution in [0, 0.1) is 23.7 Å². The molecule has 7 heteroatoms. The number of allylic oxidation sites excluding steroid dienone is 3. The van der Waals surface area contributed by atoms with Crippen molar-refractivity contribution in [3.05, 3.63) is 24.3 Å². The predicted molar refractivity (Wildman–Crippen MR) is 141 cm³/mol. The van der Waals surface area contributed by atoms with Crippen molar-refractivity contribution in [1.29, 1.82) is 0 Å². The van der Waals surface area contributed by atoms with E-state index < -0.39 is 12.4 Å². The van der Waals surface area contributed by atoms with Crippen LogP contribution in [-0.2, 0) is 23.8 Å². The van der Waals surface area contributed by atoms with Gasteiger partial charge in [0.05, 0.1) is 12.2 Å². The van der Waals surface area contributed by atoms with Crippen LogP contribution in [-0.4, -0.2) is 72.6 Å². The third-order valence-corrected chi connectivity index (χ3v) is 7.76. The van der Waals surface area contributed by atoms with Crippen molar-refractivity contribution in [3.8, 4) is 0 Å². The number of carbonyl (C=O) groups excluding carboxylic acids is 2. The summed E-state index contributed by atoms with van der Waals surface area (Å²) in [5.41, 5.74) is 0. The van der Waals surface area contributed by atoms with Gasteiger partial charge in [0.1, 0.15) is 12.2 Å². The van der Waals surface area contributed by atoms with Gasteiger partial charge in [0, 0.05) is 24.3 Å². The van der Waals surface area contributed by atoms with E-state index >= 15 is 0 Å². The molecule has 10 atom stereocenters. The predicted octanol–water partition coefficient (Wildman–Crippen LogP) is 4.53. The van der Waals surface area contributed by atoms with Gasteiger partial charge >= 0.3 is 5.97 Å². The molecule has 1 saturated heterocycles. The second-order valence-corrected chi connectivity index (χ2v) is 11.2. The summed E-state index contributed by atoms with van der Waals surface area (Å²) in [5, 5.41) is 11.0. The number of aliphatic hydroxyl groups excluding tert-OH is 1. The average Bonchev–Trinajstić information content (AvgIpc) is 2.82. The molecule has 2 aliphatic rings. The summed E-state index contributed by atoms with van der Waals surface area (Å²) < 4.78 is 18.4. The summed E-state index contributed by atoms with van der Waals surface area (Å²) >= 11 is 0. The minimum atomic E-state index is -0.790. The summed E-state index contributed by atoms with van der Waals surface area (Å²) in [4.78, 5) is 27.5. The molecule has 1 fully saturated rings. The van der Waals surface area contributed by atoms with Crippen LogP contribution in [0.25, 0.3) is 0 Å². The maximum Gasteiger partial charge on any atom is 0.306 e. The summed E-state index contributed by atoms with van der Waals surface area (Å²) in [6, 6.07) is -0.0720. The number of rotatable bonds is 4. The van der Waals surface area contributed by atoms with E-state index in [4.69, 9.17) is 14.2 Å². The number of nitrogens with zero attached hydrogens (tertiary/aromatic N) is 1. The Morgan fingerprint density at radius 3 is 2.39 bits per heavy atom. The number of likely N-dealkylation sites (N-methyl/N-ethyl adjacent to an activating group) is 1. The molecule has 2 heterocycles. The molecular weight excluding hydrogens is 458 g/mol. The molecule has 2 aliphatic heterocycles. The number of hydrogen-bond acceptors (Lipinski definition) is 7. The highest BCUT2D eigenvalue weighted by Crippen LogP contribution is 2.32. The van der Waals surface area contributed by atoms with Gasteiger partial charge < -0.3 is 24.2 Å². The quantitative estimate of drug-likeness (QED) is 0.560. The van der Waals surface area contributed by atoms with Gasteiger partial charge in [-0.25, -0.2) is 0 Å². The van der Waals surface area contributed by atoms with Crippen molar-refractivity contribution >= 4 is 11.8 Å². The first-order valence-corrected chi connectivity index (χ1v) is 13.7. The molecule has 0 bridgehead atoms. The van der Waals surface area contributed by atoms with Gasteiger partial charge in [0.25, 0.3) is 0 Å². The Labute approximate surface area is 218 Å². The van der Waals surface area contributed by atoms with Crippen LogP contribution in [0.15, 0.2) is 24.3 Å². The van der Waals surface area contributed by atoms with E-state index in [9.17, 15) is 14.7 Å². The van der Waals surface area contributed by atoms with E-state index in [0.29, 0.717) is 19.3 Å². The van der Waals surface area contributed by atoms with Crippen LogP contribution < -0.4 is 0 Å². The third kappa shape index (κ3) is 8.79. The number of hydrogen-bond donors (Lipinski definition) is 1. The molecule has 36 heavy (non-hydrogen) atoms. The van der Waals surface area contributed by atoms with Crippen LogP contribution in [0.1, 0.15) is 73.6 Å². The van der Waals surface area contributed by atoms with Crippen LogP contribution in [0.4, 0.5) is 0 Å². The van der Waals surface area contributed by atoms with Crippen molar-refractivity contribution in [2.24, 2.45) is 23.7 Å². The topological polar surface area (TPSA) is 85.3 Å². The smallest absolute Gasteiger partial charge is 0.306 e. The lowest BCUT2D eigenvalue weighted by Crippen LogP contribution is -2.55. The maximum absolute atomic E-state index is 12.8. The summed E-state index contributed by atoms with van der Waals surface area (Å²) in [5.74, 6) is -0.239. The summed E-state index contributed by atoms with van der Waals surface area (Å²) in [6.07, 6.45) is 8.08. The molecule has 0 saturated carbocycles. The van der Waals surface area contributed by atoms with Crippen molar-refractivity contribution in [2.45, 2.75) is 110 Å². The molecule has 1 N–H and O–H groups in total. The molecular formula is C29H49NO6. The van der Waals surface area contributed by atoms with Gasteiger partial charge in [-0.05, 0) is 64.6 Å². The highest BCUT2D eigenvalue weighted by molar-refractivity contribution is 5.91. The van der Waals surface area contributed by atoms with Gasteiger partial charge in [-0.15, -0.1) is 0 Å². The summed E-state index contributed by atoms with van der Waals surface area (Å²) in [6.45, 7) is 12.1. The number of cyclic esters (lactones) is 1. The zero-order valence-electron chi connectivity index (χ0n) is 23.6. The lowest BCUT2D eigenvalue weighted by molar-refractivity contribution is -0.279. The van der Waals surface area contributed by atoms with Crippen LogP contribution in [0.2, 0.25) is 0 Å². The Bertz CT molecular complexity index is 765. The van der Waals surface area contributed by atoms with Gasteiger partial charge in [0.15, 0.2) is 12.1 Å². The Hall–Kier alpha value is -1.54. The second-order valence-electron chi connectivity index (χ2n) is 11.2. The molecule has 7 nitrogen and oxygen atoms in total. The van der Waals surface area contributed by atoms with E-state index in [2.05, 4.69) is 13.8 Å². The zero-order chi connectivity index (χ0) is 27.0. The van der Waals surface area contributed by atoms with Crippen molar-refractivity contribution in [3.63, 3.8) is 0 Å². The Kier molecular flexibility index (Phi) is 12.3. The number of ketones is 1. The lowest BCUT2D eigenvalue weighted by Gasteiger charge is -2.43. The number of esters is 1. The summed E-state index contributed by atoms with van der Waals surface area (Å²) in [7, 11) is 3.90. The third-order valence-electron chi connectivity index (χ3n) is 7.76. The Morgan fingerprint density at radius 1 is 1.06 bits per heavy atom. The minimum absolute atomic E-state index is 0.00142. The fraction of sp³-hybridized carbons (Fsp3) is 0.793. The second kappa shape index (κ2) is 14.4. The maximum atomic E-state index is 12.8. The number of aliphatic hydroxyl groups is 1. The van der Waals surface area contributed by atoms with E-state index in [1.54, 1.807) is 12.2 Å². The van der Waals surface area contributed by atoms with Gasteiger partial charge in [-0.1, -0.05) is 52.8 Å². The molecule has 10 unspecified atom stereocenters. The first-order chi connectivity index (χ1) is 16.9. The lowest BCUT2D eigenvalue weighted by atomic mass is 9.83. The van der Waals surface area contributed by atoms with E-state index in [-0.39, 0.29) is 59.8 Å². The molecule has 0 aromatic rings. The zero-order valence-corrected chi connectivity index (χ0v) is 23.6. The van der Waals surface area contributed by atoms with Crippen molar-refractivity contribution in [1.82, 2.24) is 4.90 Å². The van der Waals surface area contributed by atoms with Crippen LogP contribution >= 0.6 is 0 Å². The Balaban J connectivity index is 2.28. The van der Waals surface area contributed by atoms with Gasteiger partial charge in [-0.3, -0.25) is 9.59 Å².